The van der Waals surface area contributed by atoms with Crippen LogP contribution in [0.2, 0.25) is 0 Å². The van der Waals surface area contributed by atoms with Gasteiger partial charge < -0.3 is 15.3 Å². The molecule has 16 heavy (non-hydrogen) atoms. The van der Waals surface area contributed by atoms with Crippen molar-refractivity contribution in [3.8, 4) is 0 Å². The molecule has 0 aromatic carbocycles. The Kier molecular flexibility index (Phi) is 6.53. The molecule has 0 aromatic heterocycles. The fourth-order valence-corrected chi connectivity index (χ4v) is 1.46. The third-order valence-electron chi connectivity index (χ3n) is 2.57. The van der Waals surface area contributed by atoms with Crippen LogP contribution in [0.4, 0.5) is 4.79 Å². The van der Waals surface area contributed by atoms with Gasteiger partial charge >= 0.3 is 12.0 Å². The topological polar surface area (TPSA) is 69.6 Å². The van der Waals surface area contributed by atoms with E-state index in [4.69, 9.17) is 5.11 Å². The summed E-state index contributed by atoms with van der Waals surface area (Å²) in [7, 11) is 0. The number of nitrogens with zero attached hydrogens (tertiary/aromatic N) is 1. The van der Waals surface area contributed by atoms with E-state index in [1.165, 1.54) is 0 Å². The van der Waals surface area contributed by atoms with Gasteiger partial charge in [0.1, 0.15) is 0 Å². The van der Waals surface area contributed by atoms with E-state index < -0.39 is 11.9 Å². The summed E-state index contributed by atoms with van der Waals surface area (Å²) >= 11 is 0. The number of urea groups is 1. The number of aliphatic carboxylic acids is 1. The second kappa shape index (κ2) is 7.09. The summed E-state index contributed by atoms with van der Waals surface area (Å²) in [5.41, 5.74) is 0. The monoisotopic (exact) mass is 230 g/mol. The minimum Gasteiger partial charge on any atom is -0.481 e. The average molecular weight is 230 g/mol. The molecule has 0 heterocycles. The third-order valence-corrected chi connectivity index (χ3v) is 2.57. The van der Waals surface area contributed by atoms with Crippen LogP contribution in [0.3, 0.4) is 0 Å². The molecule has 0 rings (SSSR count). The zero-order valence-electron chi connectivity index (χ0n) is 10.5. The molecular formula is C11H22N2O3. The van der Waals surface area contributed by atoms with Crippen molar-refractivity contribution in [2.24, 2.45) is 5.92 Å². The van der Waals surface area contributed by atoms with Gasteiger partial charge in [-0.2, -0.15) is 0 Å². The third kappa shape index (κ3) is 4.51. The summed E-state index contributed by atoms with van der Waals surface area (Å²) in [6.07, 6.45) is 0.517. The first-order chi connectivity index (χ1) is 7.43. The van der Waals surface area contributed by atoms with Crippen LogP contribution in [0.1, 0.15) is 34.1 Å². The molecule has 0 aromatic rings. The average Bonchev–Trinajstić information content (AvgIpc) is 2.18. The maximum atomic E-state index is 11.7. The van der Waals surface area contributed by atoms with Crippen molar-refractivity contribution in [2.45, 2.75) is 40.2 Å². The molecule has 0 aliphatic carbocycles. The number of carboxylic acids is 1. The standard InChI is InChI=1S/C11H22N2O3/c1-5-9(10(14)15)7-12-11(16)13(6-2)8(3)4/h8-9H,5-7H2,1-4H3,(H,12,16)(H,14,15). The summed E-state index contributed by atoms with van der Waals surface area (Å²) in [5.74, 6) is -1.37. The molecule has 0 saturated carbocycles. The zero-order chi connectivity index (χ0) is 12.7. The molecular weight excluding hydrogens is 208 g/mol. The molecule has 94 valence electrons. The van der Waals surface area contributed by atoms with Crippen molar-refractivity contribution >= 4 is 12.0 Å². The van der Waals surface area contributed by atoms with Crippen LogP contribution in [0, 0.1) is 5.92 Å². The minimum absolute atomic E-state index is 0.120. The Morgan fingerprint density at radius 1 is 1.31 bits per heavy atom. The summed E-state index contributed by atoms with van der Waals surface area (Å²) in [6.45, 7) is 8.36. The zero-order valence-corrected chi connectivity index (χ0v) is 10.5. The molecule has 0 aliphatic rings. The number of rotatable bonds is 6. The molecule has 0 spiro atoms. The van der Waals surface area contributed by atoms with Gasteiger partial charge in [0.2, 0.25) is 0 Å². The van der Waals surface area contributed by atoms with Gasteiger partial charge in [-0.25, -0.2) is 4.79 Å². The molecule has 0 aliphatic heterocycles. The van der Waals surface area contributed by atoms with Crippen LogP contribution in [0.15, 0.2) is 0 Å². The van der Waals surface area contributed by atoms with Gasteiger partial charge in [0.05, 0.1) is 5.92 Å². The van der Waals surface area contributed by atoms with Gasteiger partial charge in [-0.1, -0.05) is 6.92 Å². The Bertz CT molecular complexity index is 241. The SMILES string of the molecule is CCC(CNC(=O)N(CC)C(C)C)C(=O)O. The Labute approximate surface area is 96.8 Å². The van der Waals surface area contributed by atoms with E-state index >= 15 is 0 Å². The lowest BCUT2D eigenvalue weighted by atomic mass is 10.1. The van der Waals surface area contributed by atoms with Gasteiger partial charge in [0.15, 0.2) is 0 Å². The fourth-order valence-electron chi connectivity index (χ4n) is 1.46. The van der Waals surface area contributed by atoms with Crippen molar-refractivity contribution in [1.29, 1.82) is 0 Å². The molecule has 0 bridgehead atoms. The maximum absolute atomic E-state index is 11.7. The second-order valence-corrected chi connectivity index (χ2v) is 4.01. The highest BCUT2D eigenvalue weighted by atomic mass is 16.4. The lowest BCUT2D eigenvalue weighted by molar-refractivity contribution is -0.141. The Hall–Kier alpha value is -1.26. The predicted octanol–water partition coefficient (Wildman–Crippen LogP) is 1.54. The van der Waals surface area contributed by atoms with Gasteiger partial charge in [0, 0.05) is 19.1 Å². The van der Waals surface area contributed by atoms with Crippen LogP contribution >= 0.6 is 0 Å². The minimum atomic E-state index is -0.865. The largest absolute Gasteiger partial charge is 0.481 e. The molecule has 0 fully saturated rings. The molecule has 2 N–H and O–H groups in total. The smallest absolute Gasteiger partial charge is 0.317 e. The predicted molar refractivity (Wildman–Crippen MR) is 62.3 cm³/mol. The van der Waals surface area contributed by atoms with E-state index in [0.29, 0.717) is 13.0 Å². The Balaban J connectivity index is 4.19. The Morgan fingerprint density at radius 3 is 2.19 bits per heavy atom. The van der Waals surface area contributed by atoms with E-state index in [1.54, 1.807) is 11.8 Å². The second-order valence-electron chi connectivity index (χ2n) is 4.01. The van der Waals surface area contributed by atoms with Gasteiger partial charge in [-0.05, 0) is 27.2 Å². The molecule has 2 amide bonds. The first kappa shape index (κ1) is 14.7. The summed E-state index contributed by atoms with van der Waals surface area (Å²) in [4.78, 5) is 24.1. The number of carbonyl (C=O) groups is 2. The number of amides is 2. The van der Waals surface area contributed by atoms with Crippen molar-refractivity contribution in [1.82, 2.24) is 10.2 Å². The number of nitrogens with one attached hydrogen (secondary N) is 1. The van der Waals surface area contributed by atoms with Crippen LogP contribution in [0.25, 0.3) is 0 Å². The number of carbonyl (C=O) groups excluding carboxylic acids is 1. The lowest BCUT2D eigenvalue weighted by Gasteiger charge is -2.26. The number of hydrogen-bond acceptors (Lipinski definition) is 2. The number of carboxylic acid groups (broad SMARTS) is 1. The van der Waals surface area contributed by atoms with E-state index in [1.807, 2.05) is 20.8 Å². The first-order valence-corrected chi connectivity index (χ1v) is 5.71. The Morgan fingerprint density at radius 2 is 1.88 bits per heavy atom. The first-order valence-electron chi connectivity index (χ1n) is 5.71. The molecule has 5 nitrogen and oxygen atoms in total. The van der Waals surface area contributed by atoms with Crippen LogP contribution < -0.4 is 5.32 Å². The van der Waals surface area contributed by atoms with Gasteiger partial charge in [-0.15, -0.1) is 0 Å². The highest BCUT2D eigenvalue weighted by molar-refractivity contribution is 5.76. The lowest BCUT2D eigenvalue weighted by Crippen LogP contribution is -2.45. The molecule has 5 heteroatoms. The maximum Gasteiger partial charge on any atom is 0.317 e. The van der Waals surface area contributed by atoms with Crippen molar-refractivity contribution < 1.29 is 14.7 Å². The molecule has 0 saturated heterocycles. The summed E-state index contributed by atoms with van der Waals surface area (Å²) in [6, 6.07) is -0.0768. The number of hydrogen-bond donors (Lipinski definition) is 2. The molecule has 1 unspecified atom stereocenters. The van der Waals surface area contributed by atoms with E-state index in [2.05, 4.69) is 5.32 Å². The van der Waals surface area contributed by atoms with Crippen molar-refractivity contribution in [3.63, 3.8) is 0 Å². The van der Waals surface area contributed by atoms with E-state index in [-0.39, 0.29) is 18.6 Å². The van der Waals surface area contributed by atoms with Crippen LogP contribution in [-0.2, 0) is 4.79 Å². The quantitative estimate of drug-likeness (QED) is 0.727. The van der Waals surface area contributed by atoms with E-state index in [9.17, 15) is 9.59 Å². The van der Waals surface area contributed by atoms with Gasteiger partial charge in [-0.3, -0.25) is 4.79 Å². The van der Waals surface area contributed by atoms with Crippen molar-refractivity contribution in [2.75, 3.05) is 13.1 Å². The van der Waals surface area contributed by atoms with Gasteiger partial charge in [0.25, 0.3) is 0 Å². The summed E-state index contributed by atoms with van der Waals surface area (Å²) < 4.78 is 0. The van der Waals surface area contributed by atoms with Crippen LogP contribution in [-0.4, -0.2) is 41.1 Å². The molecule has 1 atom stereocenters. The molecule has 0 radical (unpaired) electrons. The highest BCUT2D eigenvalue weighted by Gasteiger charge is 2.19. The highest BCUT2D eigenvalue weighted by Crippen LogP contribution is 2.02. The van der Waals surface area contributed by atoms with Crippen molar-refractivity contribution in [3.05, 3.63) is 0 Å². The summed E-state index contributed by atoms with van der Waals surface area (Å²) in [5, 5.41) is 11.5. The fraction of sp³-hybridized carbons (Fsp3) is 0.818. The normalized spacial score (nSPS) is 12.3. The van der Waals surface area contributed by atoms with Crippen LogP contribution in [0.5, 0.6) is 0 Å². The van der Waals surface area contributed by atoms with E-state index in [0.717, 1.165) is 0 Å².